The van der Waals surface area contributed by atoms with E-state index in [1.807, 2.05) is 12.1 Å². The third kappa shape index (κ3) is 2.11. The zero-order valence-electron chi connectivity index (χ0n) is 12.3. The molecule has 1 fully saturated rings. The minimum atomic E-state index is -0.321. The molecule has 1 aliphatic rings. The Balaban J connectivity index is 1.82. The van der Waals surface area contributed by atoms with E-state index in [4.69, 9.17) is 0 Å². The molecule has 1 saturated heterocycles. The topological polar surface area (TPSA) is 46.3 Å². The van der Waals surface area contributed by atoms with Gasteiger partial charge in [0.1, 0.15) is 11.6 Å². The van der Waals surface area contributed by atoms with Gasteiger partial charge in [0.05, 0.1) is 5.56 Å². The first-order valence-electron chi connectivity index (χ1n) is 7.44. The Morgan fingerprint density at radius 1 is 1.14 bits per heavy atom. The molecular weight excluding hydrogens is 281 g/mol. The molecule has 5 nitrogen and oxygen atoms in total. The van der Waals surface area contributed by atoms with Gasteiger partial charge in [-0.1, -0.05) is 19.1 Å². The second-order valence-corrected chi connectivity index (χ2v) is 5.80. The third-order valence-corrected chi connectivity index (χ3v) is 4.11. The molecule has 1 aromatic carbocycles. The first-order chi connectivity index (χ1) is 10.7. The number of nitrogens with zero attached hydrogens (tertiary/aromatic N) is 5. The highest BCUT2D eigenvalue weighted by molar-refractivity contribution is 5.60. The molecule has 0 bridgehead atoms. The van der Waals surface area contributed by atoms with Gasteiger partial charge in [0.2, 0.25) is 0 Å². The maximum absolute atomic E-state index is 14.0. The summed E-state index contributed by atoms with van der Waals surface area (Å²) in [6.45, 7) is 4.23. The highest BCUT2D eigenvalue weighted by atomic mass is 19.1. The highest BCUT2D eigenvalue weighted by Gasteiger charge is 2.21. The number of benzene rings is 1. The van der Waals surface area contributed by atoms with Gasteiger partial charge in [-0.3, -0.25) is 0 Å². The van der Waals surface area contributed by atoms with Gasteiger partial charge in [-0.25, -0.2) is 4.39 Å². The van der Waals surface area contributed by atoms with E-state index in [1.165, 1.54) is 12.5 Å². The fraction of sp³-hybridized carbons (Fsp3) is 0.312. The minimum absolute atomic E-state index is 0.321. The predicted octanol–water partition coefficient (Wildman–Crippen LogP) is 2.78. The van der Waals surface area contributed by atoms with Gasteiger partial charge >= 0.3 is 0 Å². The number of rotatable bonds is 2. The molecule has 2 aromatic heterocycles. The van der Waals surface area contributed by atoms with Gasteiger partial charge in [-0.2, -0.15) is 4.52 Å². The number of hydrogen-bond donors (Lipinski definition) is 0. The molecule has 1 aliphatic heterocycles. The summed E-state index contributed by atoms with van der Waals surface area (Å²) in [4.78, 5) is 2.25. The van der Waals surface area contributed by atoms with Gasteiger partial charge in [0, 0.05) is 13.1 Å². The van der Waals surface area contributed by atoms with Gasteiger partial charge in [0.15, 0.2) is 11.5 Å². The van der Waals surface area contributed by atoms with Crippen molar-refractivity contribution >= 4 is 11.5 Å². The third-order valence-electron chi connectivity index (χ3n) is 4.11. The molecule has 0 saturated carbocycles. The molecule has 0 aliphatic carbocycles. The molecule has 1 atom stereocenters. The fourth-order valence-corrected chi connectivity index (χ4v) is 2.90. The Kier molecular flexibility index (Phi) is 3.03. The molecule has 112 valence electrons. The number of anilines is 1. The van der Waals surface area contributed by atoms with Crippen molar-refractivity contribution in [3.63, 3.8) is 0 Å². The van der Waals surface area contributed by atoms with Crippen LogP contribution < -0.4 is 4.90 Å². The second-order valence-electron chi connectivity index (χ2n) is 5.80. The number of aromatic nitrogens is 4. The lowest BCUT2D eigenvalue weighted by Gasteiger charge is -2.16. The lowest BCUT2D eigenvalue weighted by atomic mass is 10.2. The number of fused-ring (bicyclic) bond motifs is 1. The highest BCUT2D eigenvalue weighted by Crippen LogP contribution is 2.24. The van der Waals surface area contributed by atoms with E-state index in [2.05, 4.69) is 27.1 Å². The van der Waals surface area contributed by atoms with Crippen molar-refractivity contribution in [2.24, 2.45) is 5.92 Å². The molecule has 0 N–H and O–H groups in total. The summed E-state index contributed by atoms with van der Waals surface area (Å²) in [5.74, 6) is 1.67. The van der Waals surface area contributed by atoms with Crippen LogP contribution in [0.25, 0.3) is 17.0 Å². The molecule has 3 heterocycles. The van der Waals surface area contributed by atoms with Crippen molar-refractivity contribution in [1.82, 2.24) is 19.8 Å². The Morgan fingerprint density at radius 3 is 2.77 bits per heavy atom. The molecule has 6 heteroatoms. The van der Waals surface area contributed by atoms with E-state index < -0.39 is 0 Å². The smallest absolute Gasteiger partial charge is 0.188 e. The van der Waals surface area contributed by atoms with Crippen LogP contribution in [0.5, 0.6) is 0 Å². The average Bonchev–Trinajstić information content (AvgIpc) is 3.13. The van der Waals surface area contributed by atoms with Crippen molar-refractivity contribution in [3.8, 4) is 11.4 Å². The van der Waals surface area contributed by atoms with Gasteiger partial charge in [-0.05, 0) is 36.6 Å². The van der Waals surface area contributed by atoms with Crippen LogP contribution in [0.3, 0.4) is 0 Å². The van der Waals surface area contributed by atoms with Crippen molar-refractivity contribution < 1.29 is 4.39 Å². The monoisotopic (exact) mass is 297 g/mol. The van der Waals surface area contributed by atoms with Crippen LogP contribution in [0.2, 0.25) is 0 Å². The van der Waals surface area contributed by atoms with E-state index in [-0.39, 0.29) is 5.82 Å². The molecule has 4 rings (SSSR count). The normalized spacial score (nSPS) is 18.3. The van der Waals surface area contributed by atoms with E-state index in [9.17, 15) is 4.39 Å². The lowest BCUT2D eigenvalue weighted by Crippen LogP contribution is -2.21. The van der Waals surface area contributed by atoms with Crippen molar-refractivity contribution in [2.75, 3.05) is 18.0 Å². The fourth-order valence-electron chi connectivity index (χ4n) is 2.90. The van der Waals surface area contributed by atoms with E-state index in [0.29, 0.717) is 23.0 Å². The predicted molar refractivity (Wildman–Crippen MR) is 82.2 cm³/mol. The minimum Gasteiger partial charge on any atom is -0.355 e. The average molecular weight is 297 g/mol. The molecular formula is C16H16FN5. The Morgan fingerprint density at radius 2 is 2.00 bits per heavy atom. The molecule has 0 spiro atoms. The van der Waals surface area contributed by atoms with E-state index in [1.54, 1.807) is 22.7 Å². The van der Waals surface area contributed by atoms with Crippen LogP contribution in [0, 0.1) is 11.7 Å². The maximum Gasteiger partial charge on any atom is 0.188 e. The quantitative estimate of drug-likeness (QED) is 0.729. The molecule has 0 unspecified atom stereocenters. The van der Waals surface area contributed by atoms with Crippen LogP contribution in [0.1, 0.15) is 13.3 Å². The van der Waals surface area contributed by atoms with Crippen LogP contribution in [0.4, 0.5) is 10.2 Å². The molecule has 3 aromatic rings. The van der Waals surface area contributed by atoms with Gasteiger partial charge in [0.25, 0.3) is 0 Å². The van der Waals surface area contributed by atoms with Gasteiger partial charge in [-0.15, -0.1) is 15.3 Å². The molecule has 0 radical (unpaired) electrons. The largest absolute Gasteiger partial charge is 0.355 e. The van der Waals surface area contributed by atoms with Crippen molar-refractivity contribution in [1.29, 1.82) is 0 Å². The Labute approximate surface area is 127 Å². The van der Waals surface area contributed by atoms with E-state index >= 15 is 0 Å². The summed E-state index contributed by atoms with van der Waals surface area (Å²) in [5.41, 5.74) is 1.03. The summed E-state index contributed by atoms with van der Waals surface area (Å²) in [6, 6.07) is 10.4. The SMILES string of the molecule is C[C@@H]1CCN(c2ccc3nnc(-c4ccccc4F)n3n2)C1. The molecule has 0 amide bonds. The first-order valence-corrected chi connectivity index (χ1v) is 7.44. The Bertz CT molecular complexity index is 828. The lowest BCUT2D eigenvalue weighted by molar-refractivity contribution is 0.629. The number of halogens is 1. The molecule has 22 heavy (non-hydrogen) atoms. The maximum atomic E-state index is 14.0. The second kappa shape index (κ2) is 5.05. The Hall–Kier alpha value is -2.50. The summed E-state index contributed by atoms with van der Waals surface area (Å²) < 4.78 is 15.6. The van der Waals surface area contributed by atoms with Crippen LogP contribution >= 0.6 is 0 Å². The van der Waals surface area contributed by atoms with Crippen LogP contribution in [0.15, 0.2) is 36.4 Å². The first kappa shape index (κ1) is 13.2. The van der Waals surface area contributed by atoms with E-state index in [0.717, 1.165) is 18.9 Å². The standard InChI is InChI=1S/C16H16FN5/c1-11-8-9-21(10-11)15-7-6-14-18-19-16(22(14)20-15)12-4-2-3-5-13(12)17/h2-7,11H,8-10H2,1H3/t11-/m1/s1. The summed E-state index contributed by atoms with van der Waals surface area (Å²) in [7, 11) is 0. The van der Waals surface area contributed by atoms with Gasteiger partial charge < -0.3 is 4.90 Å². The van der Waals surface area contributed by atoms with Crippen molar-refractivity contribution in [2.45, 2.75) is 13.3 Å². The van der Waals surface area contributed by atoms with Crippen LogP contribution in [-0.2, 0) is 0 Å². The number of hydrogen-bond acceptors (Lipinski definition) is 4. The zero-order chi connectivity index (χ0) is 15.1. The summed E-state index contributed by atoms with van der Waals surface area (Å²) >= 11 is 0. The van der Waals surface area contributed by atoms with Crippen LogP contribution in [-0.4, -0.2) is 32.9 Å². The summed E-state index contributed by atoms with van der Waals surface area (Å²) in [5, 5.41) is 12.8. The van der Waals surface area contributed by atoms with Crippen molar-refractivity contribution in [3.05, 3.63) is 42.2 Å². The summed E-state index contributed by atoms with van der Waals surface area (Å²) in [6.07, 6.45) is 1.17. The zero-order valence-corrected chi connectivity index (χ0v) is 12.3.